The number of likely N-dealkylation sites (tertiary alicyclic amines) is 1. The number of aryl methyl sites for hydroxylation is 1. The van der Waals surface area contributed by atoms with Gasteiger partial charge in [0, 0.05) is 6.54 Å². The van der Waals surface area contributed by atoms with Crippen LogP contribution < -0.4 is 4.74 Å². The standard InChI is InChI=1S/C27H39NO/c1-5-27(6-2,20-25-12-13-26(29-4)22(3)18-25)19-23-14-16-28(17-15-23)21-24-10-8-7-9-11-24/h7-13,18,23H,5-6,14-17,19-21H2,1-4H3. The van der Waals surface area contributed by atoms with Crippen LogP contribution in [0.1, 0.15) is 62.6 Å². The first-order valence-electron chi connectivity index (χ1n) is 11.5. The lowest BCUT2D eigenvalue weighted by Crippen LogP contribution is -2.36. The molecular formula is C27H39NO. The quantitative estimate of drug-likeness (QED) is 0.472. The maximum atomic E-state index is 5.45. The minimum atomic E-state index is 0.424. The number of methoxy groups -OCH3 is 1. The van der Waals surface area contributed by atoms with Crippen molar-refractivity contribution in [3.05, 3.63) is 65.2 Å². The van der Waals surface area contributed by atoms with E-state index in [2.05, 4.69) is 74.2 Å². The minimum Gasteiger partial charge on any atom is -0.496 e. The Labute approximate surface area is 178 Å². The molecule has 1 aliphatic heterocycles. The summed E-state index contributed by atoms with van der Waals surface area (Å²) in [6.07, 6.45) is 7.77. The van der Waals surface area contributed by atoms with Gasteiger partial charge in [-0.05, 0) is 79.8 Å². The minimum absolute atomic E-state index is 0.424. The van der Waals surface area contributed by atoms with Gasteiger partial charge in [0.1, 0.15) is 5.75 Å². The molecule has 0 spiro atoms. The van der Waals surface area contributed by atoms with Gasteiger partial charge in [-0.1, -0.05) is 69.2 Å². The zero-order valence-electron chi connectivity index (χ0n) is 18.9. The van der Waals surface area contributed by atoms with Gasteiger partial charge < -0.3 is 4.74 Å². The number of benzene rings is 2. The molecule has 0 aromatic heterocycles. The highest BCUT2D eigenvalue weighted by molar-refractivity contribution is 5.36. The van der Waals surface area contributed by atoms with Crippen molar-refractivity contribution in [2.24, 2.45) is 11.3 Å². The summed E-state index contributed by atoms with van der Waals surface area (Å²) in [4.78, 5) is 2.64. The lowest BCUT2D eigenvalue weighted by atomic mass is 9.69. The molecule has 0 atom stereocenters. The van der Waals surface area contributed by atoms with Crippen molar-refractivity contribution in [1.29, 1.82) is 0 Å². The van der Waals surface area contributed by atoms with E-state index < -0.39 is 0 Å². The van der Waals surface area contributed by atoms with E-state index in [9.17, 15) is 0 Å². The van der Waals surface area contributed by atoms with Crippen molar-refractivity contribution in [2.45, 2.75) is 65.8 Å². The van der Waals surface area contributed by atoms with Crippen molar-refractivity contribution < 1.29 is 4.74 Å². The number of rotatable bonds is 9. The molecule has 0 saturated carbocycles. The molecule has 2 aromatic carbocycles. The van der Waals surface area contributed by atoms with Crippen LogP contribution in [-0.2, 0) is 13.0 Å². The predicted octanol–water partition coefficient (Wildman–Crippen LogP) is 6.65. The third-order valence-electron chi connectivity index (χ3n) is 7.22. The highest BCUT2D eigenvalue weighted by atomic mass is 16.5. The van der Waals surface area contributed by atoms with Gasteiger partial charge in [-0.15, -0.1) is 0 Å². The summed E-state index contributed by atoms with van der Waals surface area (Å²) in [5.41, 5.74) is 4.58. The van der Waals surface area contributed by atoms with E-state index in [-0.39, 0.29) is 0 Å². The van der Waals surface area contributed by atoms with Gasteiger partial charge in [0.15, 0.2) is 0 Å². The van der Waals surface area contributed by atoms with E-state index in [0.29, 0.717) is 5.41 Å². The number of hydrogen-bond acceptors (Lipinski definition) is 2. The molecule has 1 saturated heterocycles. The highest BCUT2D eigenvalue weighted by Crippen LogP contribution is 2.41. The molecule has 3 rings (SSSR count). The van der Waals surface area contributed by atoms with Crippen molar-refractivity contribution in [3.8, 4) is 5.75 Å². The van der Waals surface area contributed by atoms with Crippen LogP contribution in [0.2, 0.25) is 0 Å². The van der Waals surface area contributed by atoms with Crippen LogP contribution in [-0.4, -0.2) is 25.1 Å². The fraction of sp³-hybridized carbons (Fsp3) is 0.556. The third kappa shape index (κ3) is 5.85. The maximum Gasteiger partial charge on any atom is 0.121 e. The lowest BCUT2D eigenvalue weighted by Gasteiger charge is -2.39. The van der Waals surface area contributed by atoms with E-state index in [4.69, 9.17) is 4.74 Å². The molecule has 2 nitrogen and oxygen atoms in total. The topological polar surface area (TPSA) is 12.5 Å². The van der Waals surface area contributed by atoms with Gasteiger partial charge in [-0.3, -0.25) is 4.90 Å². The van der Waals surface area contributed by atoms with E-state index in [0.717, 1.165) is 18.2 Å². The van der Waals surface area contributed by atoms with Crippen LogP contribution in [0.25, 0.3) is 0 Å². The second-order valence-electron chi connectivity index (χ2n) is 9.10. The molecule has 1 heterocycles. The molecule has 0 bridgehead atoms. The molecule has 0 radical (unpaired) electrons. The number of nitrogens with zero attached hydrogens (tertiary/aromatic N) is 1. The van der Waals surface area contributed by atoms with Crippen LogP contribution in [0.15, 0.2) is 48.5 Å². The van der Waals surface area contributed by atoms with Crippen LogP contribution in [0.4, 0.5) is 0 Å². The van der Waals surface area contributed by atoms with Gasteiger partial charge in [0.05, 0.1) is 7.11 Å². The van der Waals surface area contributed by atoms with Gasteiger partial charge in [-0.25, -0.2) is 0 Å². The zero-order valence-corrected chi connectivity index (χ0v) is 18.9. The van der Waals surface area contributed by atoms with E-state index in [1.54, 1.807) is 7.11 Å². The van der Waals surface area contributed by atoms with Gasteiger partial charge in [0.25, 0.3) is 0 Å². The fourth-order valence-electron chi connectivity index (χ4n) is 5.15. The molecule has 29 heavy (non-hydrogen) atoms. The number of hydrogen-bond donors (Lipinski definition) is 0. The van der Waals surface area contributed by atoms with E-state index in [1.807, 2.05) is 0 Å². The Hall–Kier alpha value is -1.80. The van der Waals surface area contributed by atoms with Crippen LogP contribution in [0.3, 0.4) is 0 Å². The van der Waals surface area contributed by atoms with E-state index in [1.165, 1.54) is 68.3 Å². The summed E-state index contributed by atoms with van der Waals surface area (Å²) in [5, 5.41) is 0. The smallest absolute Gasteiger partial charge is 0.121 e. The Morgan fingerprint density at radius 3 is 2.24 bits per heavy atom. The van der Waals surface area contributed by atoms with Crippen molar-refractivity contribution in [1.82, 2.24) is 4.90 Å². The van der Waals surface area contributed by atoms with Crippen molar-refractivity contribution in [2.75, 3.05) is 20.2 Å². The van der Waals surface area contributed by atoms with Gasteiger partial charge in [0.2, 0.25) is 0 Å². The second kappa shape index (κ2) is 10.3. The zero-order chi connectivity index (χ0) is 20.7. The summed E-state index contributed by atoms with van der Waals surface area (Å²) >= 11 is 0. The SMILES string of the molecule is CCC(CC)(Cc1ccc(OC)c(C)c1)CC1CCN(Cc2ccccc2)CC1. The average Bonchev–Trinajstić information content (AvgIpc) is 2.75. The molecular weight excluding hydrogens is 354 g/mol. The highest BCUT2D eigenvalue weighted by Gasteiger charge is 2.32. The summed E-state index contributed by atoms with van der Waals surface area (Å²) < 4.78 is 5.45. The van der Waals surface area contributed by atoms with Crippen LogP contribution in [0.5, 0.6) is 5.75 Å². The van der Waals surface area contributed by atoms with Gasteiger partial charge >= 0.3 is 0 Å². The molecule has 1 fully saturated rings. The Balaban J connectivity index is 1.58. The first-order valence-corrected chi connectivity index (χ1v) is 11.5. The molecule has 1 aliphatic rings. The fourth-order valence-corrected chi connectivity index (χ4v) is 5.15. The average molecular weight is 394 g/mol. The first-order chi connectivity index (χ1) is 14.1. The molecule has 0 aliphatic carbocycles. The maximum absolute atomic E-state index is 5.45. The Morgan fingerprint density at radius 2 is 1.66 bits per heavy atom. The monoisotopic (exact) mass is 393 g/mol. The molecule has 2 aromatic rings. The van der Waals surface area contributed by atoms with Crippen molar-refractivity contribution >= 4 is 0 Å². The summed E-state index contributed by atoms with van der Waals surface area (Å²) in [5.74, 6) is 1.86. The molecule has 2 heteroatoms. The third-order valence-corrected chi connectivity index (χ3v) is 7.22. The molecule has 0 unspecified atom stereocenters. The largest absolute Gasteiger partial charge is 0.496 e. The van der Waals surface area contributed by atoms with Crippen LogP contribution in [0, 0.1) is 18.3 Å². The number of ether oxygens (including phenoxy) is 1. The summed E-state index contributed by atoms with van der Waals surface area (Å²) in [7, 11) is 1.76. The van der Waals surface area contributed by atoms with Crippen molar-refractivity contribution in [3.63, 3.8) is 0 Å². The Kier molecular flexibility index (Phi) is 7.77. The summed E-state index contributed by atoms with van der Waals surface area (Å²) in [6, 6.07) is 17.7. The molecule has 0 amide bonds. The Morgan fingerprint density at radius 1 is 0.966 bits per heavy atom. The van der Waals surface area contributed by atoms with Crippen LogP contribution >= 0.6 is 0 Å². The second-order valence-corrected chi connectivity index (χ2v) is 9.10. The number of piperidine rings is 1. The van der Waals surface area contributed by atoms with Gasteiger partial charge in [-0.2, -0.15) is 0 Å². The van der Waals surface area contributed by atoms with E-state index >= 15 is 0 Å². The lowest BCUT2D eigenvalue weighted by molar-refractivity contribution is 0.120. The summed E-state index contributed by atoms with van der Waals surface area (Å²) in [6.45, 7) is 10.5. The molecule has 158 valence electrons. The predicted molar refractivity (Wildman–Crippen MR) is 124 cm³/mol. The first kappa shape index (κ1) is 21.9. The normalized spacial score (nSPS) is 16.1. The molecule has 0 N–H and O–H groups in total. The Bertz CT molecular complexity index is 742.